The fourth-order valence-corrected chi connectivity index (χ4v) is 2.62. The van der Waals surface area contributed by atoms with Crippen molar-refractivity contribution in [3.63, 3.8) is 0 Å². The van der Waals surface area contributed by atoms with Crippen molar-refractivity contribution >= 4 is 12.1 Å². The molecule has 0 aliphatic carbocycles. The molecule has 2 aliphatic heterocycles. The average molecular weight is 257 g/mol. The molecule has 2 N–H and O–H groups in total. The fourth-order valence-electron chi connectivity index (χ4n) is 2.62. The highest BCUT2D eigenvalue weighted by molar-refractivity contribution is 5.75. The standard InChI is InChI=1S/C12H19NO5/c1-12(2,3)18-11(16)13-9-7-5-4-6(17-7)8(9)10(14)15/h6-9H,4-5H2,1-3H3,(H,13,16)(H,14,15)/t6-,7+,8-,9+/m0/s1. The summed E-state index contributed by atoms with van der Waals surface area (Å²) in [6.45, 7) is 5.29. The molecule has 2 bridgehead atoms. The van der Waals surface area contributed by atoms with Crippen molar-refractivity contribution in [2.45, 2.75) is 57.5 Å². The summed E-state index contributed by atoms with van der Waals surface area (Å²) in [5, 5.41) is 11.8. The van der Waals surface area contributed by atoms with Crippen molar-refractivity contribution in [2.75, 3.05) is 0 Å². The van der Waals surface area contributed by atoms with Crippen LogP contribution in [0.2, 0.25) is 0 Å². The molecule has 18 heavy (non-hydrogen) atoms. The molecular formula is C12H19NO5. The number of amides is 1. The van der Waals surface area contributed by atoms with Crippen molar-refractivity contribution in [1.82, 2.24) is 5.32 Å². The molecule has 2 fully saturated rings. The molecule has 6 heteroatoms. The van der Waals surface area contributed by atoms with Crippen LogP contribution in [0.4, 0.5) is 4.79 Å². The molecule has 0 aromatic heterocycles. The second kappa shape index (κ2) is 4.42. The predicted molar refractivity (Wildman–Crippen MR) is 62.2 cm³/mol. The Labute approximate surface area is 106 Å². The third-order valence-electron chi connectivity index (χ3n) is 3.24. The molecule has 2 rings (SSSR count). The first kappa shape index (κ1) is 13.1. The number of carbonyl (C=O) groups is 2. The summed E-state index contributed by atoms with van der Waals surface area (Å²) in [5.74, 6) is -1.60. The summed E-state index contributed by atoms with van der Waals surface area (Å²) < 4.78 is 10.7. The molecule has 1 amide bonds. The van der Waals surface area contributed by atoms with Gasteiger partial charge in [-0.1, -0.05) is 0 Å². The van der Waals surface area contributed by atoms with Crippen LogP contribution in [0.1, 0.15) is 33.6 Å². The summed E-state index contributed by atoms with van der Waals surface area (Å²) in [7, 11) is 0. The maximum Gasteiger partial charge on any atom is 0.407 e. The van der Waals surface area contributed by atoms with E-state index in [0.717, 1.165) is 12.8 Å². The number of carboxylic acids is 1. The summed E-state index contributed by atoms with van der Waals surface area (Å²) in [6.07, 6.45) is 0.453. The zero-order valence-electron chi connectivity index (χ0n) is 10.8. The maximum absolute atomic E-state index is 11.7. The van der Waals surface area contributed by atoms with Gasteiger partial charge in [0.15, 0.2) is 0 Å². The summed E-state index contributed by atoms with van der Waals surface area (Å²) in [6, 6.07) is -0.490. The Morgan fingerprint density at radius 3 is 2.44 bits per heavy atom. The van der Waals surface area contributed by atoms with Crippen LogP contribution in [0, 0.1) is 5.92 Å². The van der Waals surface area contributed by atoms with Gasteiger partial charge < -0.3 is 19.9 Å². The van der Waals surface area contributed by atoms with Gasteiger partial charge in [-0.2, -0.15) is 0 Å². The van der Waals surface area contributed by atoms with Gasteiger partial charge in [-0.3, -0.25) is 4.79 Å². The first-order chi connectivity index (χ1) is 8.28. The zero-order chi connectivity index (χ0) is 13.5. The quantitative estimate of drug-likeness (QED) is 0.775. The van der Waals surface area contributed by atoms with E-state index in [1.54, 1.807) is 20.8 Å². The molecule has 2 saturated heterocycles. The molecule has 4 atom stereocenters. The monoisotopic (exact) mass is 257 g/mol. The van der Waals surface area contributed by atoms with Crippen LogP contribution in [-0.2, 0) is 14.3 Å². The first-order valence-corrected chi connectivity index (χ1v) is 6.16. The Bertz CT molecular complexity index is 362. The summed E-state index contributed by atoms with van der Waals surface area (Å²) >= 11 is 0. The van der Waals surface area contributed by atoms with Crippen LogP contribution in [0.15, 0.2) is 0 Å². The molecule has 2 heterocycles. The third kappa shape index (κ3) is 2.58. The smallest absolute Gasteiger partial charge is 0.407 e. The Kier molecular flexibility index (Phi) is 3.23. The number of carbonyl (C=O) groups excluding carboxylic acids is 1. The van der Waals surface area contributed by atoms with E-state index in [-0.39, 0.29) is 12.2 Å². The highest BCUT2D eigenvalue weighted by Gasteiger charge is 2.53. The number of hydrogen-bond donors (Lipinski definition) is 2. The maximum atomic E-state index is 11.7. The first-order valence-electron chi connectivity index (χ1n) is 6.16. The van der Waals surface area contributed by atoms with Crippen LogP contribution in [0.25, 0.3) is 0 Å². The van der Waals surface area contributed by atoms with Crippen molar-refractivity contribution in [2.24, 2.45) is 5.92 Å². The van der Waals surface area contributed by atoms with Crippen LogP contribution in [0.3, 0.4) is 0 Å². The molecule has 0 aromatic rings. The lowest BCUT2D eigenvalue weighted by Gasteiger charge is -2.27. The average Bonchev–Trinajstić information content (AvgIpc) is 2.73. The van der Waals surface area contributed by atoms with Crippen LogP contribution < -0.4 is 5.32 Å². The number of hydrogen-bond acceptors (Lipinski definition) is 4. The molecule has 0 saturated carbocycles. The summed E-state index contributed by atoms with van der Waals surface area (Å²) in [4.78, 5) is 22.9. The van der Waals surface area contributed by atoms with Crippen molar-refractivity contribution in [3.8, 4) is 0 Å². The minimum Gasteiger partial charge on any atom is -0.481 e. The SMILES string of the molecule is CC(C)(C)OC(=O)N[C@H]1[C@@H](C(=O)O)[C@@H]2CC[C@H]1O2. The Morgan fingerprint density at radius 1 is 1.28 bits per heavy atom. The van der Waals surface area contributed by atoms with Gasteiger partial charge in [-0.05, 0) is 33.6 Å². The molecule has 6 nitrogen and oxygen atoms in total. The second-order valence-electron chi connectivity index (χ2n) is 5.83. The Morgan fingerprint density at radius 2 is 1.89 bits per heavy atom. The van der Waals surface area contributed by atoms with Crippen molar-refractivity contribution in [3.05, 3.63) is 0 Å². The lowest BCUT2D eigenvalue weighted by Crippen LogP contribution is -2.50. The van der Waals surface area contributed by atoms with E-state index in [2.05, 4.69) is 5.32 Å². The topological polar surface area (TPSA) is 84.9 Å². The molecule has 2 aliphatic rings. The largest absolute Gasteiger partial charge is 0.481 e. The van der Waals surface area contributed by atoms with Gasteiger partial charge in [0.2, 0.25) is 0 Å². The Hall–Kier alpha value is -1.30. The van der Waals surface area contributed by atoms with E-state index >= 15 is 0 Å². The number of aliphatic carboxylic acids is 1. The van der Waals surface area contributed by atoms with E-state index in [1.807, 2.05) is 0 Å². The lowest BCUT2D eigenvalue weighted by atomic mass is 9.84. The van der Waals surface area contributed by atoms with Crippen molar-refractivity contribution in [1.29, 1.82) is 0 Å². The minimum absolute atomic E-state index is 0.205. The van der Waals surface area contributed by atoms with Gasteiger partial charge in [0.05, 0.1) is 18.2 Å². The molecule has 0 unspecified atom stereocenters. The van der Waals surface area contributed by atoms with E-state index < -0.39 is 29.6 Å². The number of ether oxygens (including phenoxy) is 2. The normalized spacial score (nSPS) is 34.4. The number of rotatable bonds is 2. The number of fused-ring (bicyclic) bond motifs is 2. The summed E-state index contributed by atoms with van der Waals surface area (Å²) in [5.41, 5.74) is -0.596. The van der Waals surface area contributed by atoms with Crippen LogP contribution in [0.5, 0.6) is 0 Å². The lowest BCUT2D eigenvalue weighted by molar-refractivity contribution is -0.144. The van der Waals surface area contributed by atoms with Gasteiger partial charge >= 0.3 is 12.1 Å². The second-order valence-corrected chi connectivity index (χ2v) is 5.83. The van der Waals surface area contributed by atoms with Gasteiger partial charge in [-0.25, -0.2) is 4.79 Å². The molecule has 0 radical (unpaired) electrons. The van der Waals surface area contributed by atoms with Crippen molar-refractivity contribution < 1.29 is 24.2 Å². The van der Waals surface area contributed by atoms with E-state index in [9.17, 15) is 14.7 Å². The molecular weight excluding hydrogens is 238 g/mol. The predicted octanol–water partition coefficient (Wildman–Crippen LogP) is 1.14. The number of carboxylic acid groups (broad SMARTS) is 1. The molecule has 0 spiro atoms. The Balaban J connectivity index is 2.00. The highest BCUT2D eigenvalue weighted by atomic mass is 16.6. The minimum atomic E-state index is -0.928. The highest BCUT2D eigenvalue weighted by Crippen LogP contribution is 2.39. The van der Waals surface area contributed by atoms with E-state index in [0.29, 0.717) is 0 Å². The van der Waals surface area contributed by atoms with Gasteiger partial charge in [-0.15, -0.1) is 0 Å². The van der Waals surface area contributed by atoms with Crippen LogP contribution in [-0.4, -0.2) is 41.0 Å². The third-order valence-corrected chi connectivity index (χ3v) is 3.24. The van der Waals surface area contributed by atoms with Crippen LogP contribution >= 0.6 is 0 Å². The van der Waals surface area contributed by atoms with Gasteiger partial charge in [0.1, 0.15) is 11.5 Å². The zero-order valence-corrected chi connectivity index (χ0v) is 10.8. The van der Waals surface area contributed by atoms with E-state index in [1.165, 1.54) is 0 Å². The number of nitrogens with one attached hydrogen (secondary N) is 1. The van der Waals surface area contributed by atoms with Gasteiger partial charge in [0, 0.05) is 0 Å². The molecule has 102 valence electrons. The van der Waals surface area contributed by atoms with E-state index in [4.69, 9.17) is 9.47 Å². The molecule has 0 aromatic carbocycles. The fraction of sp³-hybridized carbons (Fsp3) is 0.833. The number of alkyl carbamates (subject to hydrolysis) is 1. The van der Waals surface area contributed by atoms with Gasteiger partial charge in [0.25, 0.3) is 0 Å².